The SMILES string of the molecule is C[C@]1(CCOCc2ccccc2)O[C@H]2C[C@H]3O[C@H]4C[C@H]5O[C@H]6C[C@@H](O)[C@](C)(CO)O[C@]6(C)CC[C@@H]5O[C@@H]4C[C@@H]3O[C@@H]2C[C@@H]1OCc1ccccc1. The Morgan fingerprint density at radius 3 is 1.88 bits per heavy atom. The van der Waals surface area contributed by atoms with Gasteiger partial charge in [-0.1, -0.05) is 60.7 Å². The van der Waals surface area contributed by atoms with Gasteiger partial charge in [-0.05, 0) is 44.7 Å². The van der Waals surface area contributed by atoms with Crippen molar-refractivity contribution in [1.82, 2.24) is 0 Å². The number of benzene rings is 2. The standard InChI is InChI=1S/C41H56O10/c1-39(16-17-44-23-26-10-6-4-7-11-26)37(45-24-27-12-8-5-9-13-27)21-34-35(50-39)20-33-32(48-34)19-30-31(47-33)18-29-28(46-30)14-15-40(2)38(49-29)22-36(43)41(3,25-42)51-40/h4-13,28-38,42-43H,14-25H2,1-3H3/t28-,29+,30+,31-,32-,33+,34+,35-,36+,37-,38-,39+,40+,41-/m0/s1. The van der Waals surface area contributed by atoms with Crippen molar-refractivity contribution in [2.24, 2.45) is 0 Å². The summed E-state index contributed by atoms with van der Waals surface area (Å²) in [7, 11) is 0. The zero-order chi connectivity index (χ0) is 35.2. The van der Waals surface area contributed by atoms with E-state index in [0.29, 0.717) is 32.7 Å². The number of hydrogen-bond acceptors (Lipinski definition) is 10. The molecule has 0 unspecified atom stereocenters. The van der Waals surface area contributed by atoms with Crippen LogP contribution in [0.5, 0.6) is 0 Å². The average Bonchev–Trinajstić information content (AvgIpc) is 3.26. The van der Waals surface area contributed by atoms with Crippen molar-refractivity contribution in [2.75, 3.05) is 13.2 Å². The average molecular weight is 709 g/mol. The zero-order valence-corrected chi connectivity index (χ0v) is 30.3. The van der Waals surface area contributed by atoms with Crippen LogP contribution < -0.4 is 0 Å². The van der Waals surface area contributed by atoms with Crippen LogP contribution in [0, 0.1) is 0 Å². The van der Waals surface area contributed by atoms with Gasteiger partial charge in [0.25, 0.3) is 0 Å². The number of rotatable bonds is 9. The molecule has 6 heterocycles. The van der Waals surface area contributed by atoms with Crippen molar-refractivity contribution in [3.63, 3.8) is 0 Å². The molecule has 10 heteroatoms. The Hall–Kier alpha value is -1.96. The lowest BCUT2D eigenvalue weighted by Gasteiger charge is -2.55. The highest BCUT2D eigenvalue weighted by molar-refractivity contribution is 5.15. The summed E-state index contributed by atoms with van der Waals surface area (Å²) in [4.78, 5) is 0. The van der Waals surface area contributed by atoms with Gasteiger partial charge in [0.15, 0.2) is 0 Å². The van der Waals surface area contributed by atoms with E-state index in [1.807, 2.05) is 43.3 Å². The van der Waals surface area contributed by atoms with Crippen molar-refractivity contribution in [2.45, 2.75) is 169 Å². The molecule has 6 fully saturated rings. The Bertz CT molecular complexity index is 1450. The lowest BCUT2D eigenvalue weighted by Crippen LogP contribution is -2.65. The van der Waals surface area contributed by atoms with Crippen LogP contribution in [0.25, 0.3) is 0 Å². The number of fused-ring (bicyclic) bond motifs is 5. The minimum atomic E-state index is -1.01. The molecule has 6 aliphatic heterocycles. The molecule has 2 aromatic carbocycles. The van der Waals surface area contributed by atoms with Gasteiger partial charge >= 0.3 is 0 Å². The third-order valence-corrected chi connectivity index (χ3v) is 12.7. The summed E-state index contributed by atoms with van der Waals surface area (Å²) in [5.74, 6) is 0. The highest BCUT2D eigenvalue weighted by Gasteiger charge is 2.58. The van der Waals surface area contributed by atoms with Gasteiger partial charge in [0.05, 0.1) is 98.2 Å². The molecular formula is C41H56O10. The topological polar surface area (TPSA) is 114 Å². The number of aliphatic hydroxyl groups is 2. The van der Waals surface area contributed by atoms with Gasteiger partial charge in [-0.25, -0.2) is 0 Å². The van der Waals surface area contributed by atoms with Crippen LogP contribution in [0.15, 0.2) is 60.7 Å². The van der Waals surface area contributed by atoms with Gasteiger partial charge in [0.2, 0.25) is 0 Å². The van der Waals surface area contributed by atoms with Crippen molar-refractivity contribution in [1.29, 1.82) is 0 Å². The van der Waals surface area contributed by atoms with Gasteiger partial charge < -0.3 is 48.1 Å². The van der Waals surface area contributed by atoms with E-state index in [1.54, 1.807) is 6.92 Å². The number of hydrogen-bond donors (Lipinski definition) is 2. The minimum Gasteiger partial charge on any atom is -0.393 e. The van der Waals surface area contributed by atoms with Crippen LogP contribution in [0.4, 0.5) is 0 Å². The second kappa shape index (κ2) is 14.7. The Kier molecular flexibility index (Phi) is 10.4. The van der Waals surface area contributed by atoms with E-state index < -0.39 is 22.9 Å². The maximum Gasteiger partial charge on any atom is 0.115 e. The fraction of sp³-hybridized carbons (Fsp3) is 0.707. The maximum atomic E-state index is 10.9. The van der Waals surface area contributed by atoms with Crippen molar-refractivity contribution in [3.8, 4) is 0 Å². The summed E-state index contributed by atoms with van der Waals surface area (Å²) in [6, 6.07) is 20.5. The highest BCUT2D eigenvalue weighted by Crippen LogP contribution is 2.48. The third-order valence-electron chi connectivity index (χ3n) is 12.7. The summed E-state index contributed by atoms with van der Waals surface area (Å²) in [5, 5.41) is 20.9. The highest BCUT2D eigenvalue weighted by atomic mass is 16.6. The molecule has 0 amide bonds. The van der Waals surface area contributed by atoms with Crippen LogP contribution in [0.1, 0.15) is 83.3 Å². The first-order valence-electron chi connectivity index (χ1n) is 19.2. The lowest BCUT2D eigenvalue weighted by molar-refractivity contribution is -0.324. The first-order chi connectivity index (χ1) is 24.6. The fourth-order valence-corrected chi connectivity index (χ4v) is 9.46. The van der Waals surface area contributed by atoms with Crippen LogP contribution in [0.2, 0.25) is 0 Å². The molecule has 2 aromatic rings. The van der Waals surface area contributed by atoms with Gasteiger partial charge in [0, 0.05) is 45.1 Å². The van der Waals surface area contributed by atoms with E-state index >= 15 is 0 Å². The quantitative estimate of drug-likeness (QED) is 0.344. The monoisotopic (exact) mass is 708 g/mol. The predicted molar refractivity (Wildman–Crippen MR) is 187 cm³/mol. The zero-order valence-electron chi connectivity index (χ0n) is 30.3. The Balaban J connectivity index is 0.927. The van der Waals surface area contributed by atoms with Crippen molar-refractivity contribution in [3.05, 3.63) is 71.8 Å². The van der Waals surface area contributed by atoms with Crippen LogP contribution in [0.3, 0.4) is 0 Å². The number of aliphatic hydroxyl groups excluding tert-OH is 2. The van der Waals surface area contributed by atoms with Gasteiger partial charge in [-0.3, -0.25) is 0 Å². The fourth-order valence-electron chi connectivity index (χ4n) is 9.46. The molecule has 2 N–H and O–H groups in total. The number of ether oxygens (including phenoxy) is 8. The maximum absolute atomic E-state index is 10.9. The molecule has 0 bridgehead atoms. The smallest absolute Gasteiger partial charge is 0.115 e. The largest absolute Gasteiger partial charge is 0.393 e. The van der Waals surface area contributed by atoms with E-state index in [2.05, 4.69) is 31.2 Å². The van der Waals surface area contributed by atoms with E-state index in [0.717, 1.165) is 49.7 Å². The summed E-state index contributed by atoms with van der Waals surface area (Å²) in [6.45, 7) is 7.37. The Morgan fingerprint density at radius 2 is 1.24 bits per heavy atom. The minimum absolute atomic E-state index is 0.0866. The van der Waals surface area contributed by atoms with Gasteiger partial charge in [-0.2, -0.15) is 0 Å². The molecule has 14 atom stereocenters. The van der Waals surface area contributed by atoms with Crippen LogP contribution in [-0.4, -0.2) is 107 Å². The molecule has 51 heavy (non-hydrogen) atoms. The van der Waals surface area contributed by atoms with Crippen LogP contribution in [-0.2, 0) is 51.1 Å². The lowest BCUT2D eigenvalue weighted by atomic mass is 9.80. The molecule has 0 saturated carbocycles. The van der Waals surface area contributed by atoms with Gasteiger partial charge in [0.1, 0.15) is 5.60 Å². The second-order valence-electron chi connectivity index (χ2n) is 16.5. The normalized spacial score (nSPS) is 44.9. The summed E-state index contributed by atoms with van der Waals surface area (Å²) < 4.78 is 53.4. The van der Waals surface area contributed by atoms with E-state index in [1.165, 1.54) is 0 Å². The molecule has 0 aliphatic carbocycles. The molecule has 280 valence electrons. The molecule has 0 spiro atoms. The molecular weight excluding hydrogens is 652 g/mol. The van der Waals surface area contributed by atoms with Gasteiger partial charge in [-0.15, -0.1) is 0 Å². The van der Waals surface area contributed by atoms with E-state index in [4.69, 9.17) is 37.9 Å². The van der Waals surface area contributed by atoms with Crippen molar-refractivity contribution >= 4 is 0 Å². The molecule has 6 saturated heterocycles. The molecule has 10 nitrogen and oxygen atoms in total. The first-order valence-corrected chi connectivity index (χ1v) is 19.2. The molecule has 0 radical (unpaired) electrons. The summed E-state index contributed by atoms with van der Waals surface area (Å²) in [5.41, 5.74) is 0.101. The molecule has 6 aliphatic rings. The molecule has 0 aromatic heterocycles. The second-order valence-corrected chi connectivity index (χ2v) is 16.5. The Morgan fingerprint density at radius 1 is 0.667 bits per heavy atom. The predicted octanol–water partition coefficient (Wildman–Crippen LogP) is 5.04. The van der Waals surface area contributed by atoms with E-state index in [-0.39, 0.29) is 67.6 Å². The summed E-state index contributed by atoms with van der Waals surface area (Å²) in [6.07, 6.45) is 3.46. The third kappa shape index (κ3) is 7.43. The summed E-state index contributed by atoms with van der Waals surface area (Å²) >= 11 is 0. The van der Waals surface area contributed by atoms with Crippen molar-refractivity contribution < 1.29 is 48.1 Å². The Labute approximate surface area is 302 Å². The molecule has 8 rings (SSSR count). The van der Waals surface area contributed by atoms with Crippen LogP contribution >= 0.6 is 0 Å². The van der Waals surface area contributed by atoms with E-state index in [9.17, 15) is 10.2 Å². The first kappa shape index (κ1) is 36.0.